The van der Waals surface area contributed by atoms with E-state index in [4.69, 9.17) is 4.74 Å². The lowest BCUT2D eigenvalue weighted by Crippen LogP contribution is -2.23. The summed E-state index contributed by atoms with van der Waals surface area (Å²) in [5.41, 5.74) is 0. The minimum atomic E-state index is -0.172. The van der Waals surface area contributed by atoms with E-state index in [2.05, 4.69) is 27.7 Å². The zero-order chi connectivity index (χ0) is 12.6. The molecule has 0 heterocycles. The highest BCUT2D eigenvalue weighted by molar-refractivity contribution is 5.82. The van der Waals surface area contributed by atoms with E-state index < -0.39 is 0 Å². The van der Waals surface area contributed by atoms with Gasteiger partial charge in [-0.05, 0) is 31.1 Å². The molecule has 0 saturated carbocycles. The van der Waals surface area contributed by atoms with Crippen molar-refractivity contribution >= 4 is 5.78 Å². The molecule has 0 bridgehead atoms. The first kappa shape index (κ1) is 15.6. The van der Waals surface area contributed by atoms with Crippen molar-refractivity contribution in [1.29, 1.82) is 0 Å². The van der Waals surface area contributed by atoms with Crippen LogP contribution in [-0.2, 0) is 9.53 Å². The Hall–Kier alpha value is -0.370. The molecule has 0 aliphatic heterocycles. The van der Waals surface area contributed by atoms with Crippen molar-refractivity contribution in [2.24, 2.45) is 11.8 Å². The maximum atomic E-state index is 11.8. The van der Waals surface area contributed by atoms with Crippen molar-refractivity contribution in [2.75, 3.05) is 7.11 Å². The zero-order valence-corrected chi connectivity index (χ0v) is 11.6. The minimum absolute atomic E-state index is 0.172. The second-order valence-corrected chi connectivity index (χ2v) is 5.45. The Balaban J connectivity index is 3.82. The Kier molecular flexibility index (Phi) is 8.54. The molecule has 0 aliphatic rings. The van der Waals surface area contributed by atoms with Gasteiger partial charge in [0.25, 0.3) is 0 Å². The van der Waals surface area contributed by atoms with Crippen LogP contribution in [0.25, 0.3) is 0 Å². The van der Waals surface area contributed by atoms with Gasteiger partial charge in [-0.15, -0.1) is 0 Å². The van der Waals surface area contributed by atoms with Crippen molar-refractivity contribution in [3.8, 4) is 0 Å². The Morgan fingerprint density at radius 1 is 1.00 bits per heavy atom. The molecule has 0 fully saturated rings. The fourth-order valence-electron chi connectivity index (χ4n) is 1.74. The van der Waals surface area contributed by atoms with Gasteiger partial charge in [0.15, 0.2) is 5.78 Å². The predicted molar refractivity (Wildman–Crippen MR) is 68.6 cm³/mol. The molecule has 0 radical (unpaired) electrons. The average Bonchev–Trinajstić information content (AvgIpc) is 2.17. The number of carbonyl (C=O) groups excluding carboxylic acids is 1. The van der Waals surface area contributed by atoms with Gasteiger partial charge in [0.05, 0.1) is 0 Å². The Morgan fingerprint density at radius 3 is 2.00 bits per heavy atom. The molecule has 0 aromatic rings. The standard InChI is InChI=1S/C14H28O2/c1-11(2)7-6-8-13(15)14(16-5)10-9-12(3)4/h11-12,14H,6-10H2,1-5H3. The van der Waals surface area contributed by atoms with Gasteiger partial charge < -0.3 is 4.74 Å². The maximum absolute atomic E-state index is 11.8. The highest BCUT2D eigenvalue weighted by Crippen LogP contribution is 2.14. The SMILES string of the molecule is COC(CCC(C)C)C(=O)CCCC(C)C. The molecule has 0 spiro atoms. The lowest BCUT2D eigenvalue weighted by molar-refractivity contribution is -0.129. The van der Waals surface area contributed by atoms with Crippen LogP contribution in [-0.4, -0.2) is 19.0 Å². The summed E-state index contributed by atoms with van der Waals surface area (Å²) in [6, 6.07) is 0. The number of carbonyl (C=O) groups is 1. The van der Waals surface area contributed by atoms with E-state index in [0.29, 0.717) is 18.3 Å². The van der Waals surface area contributed by atoms with Crippen LogP contribution in [0, 0.1) is 11.8 Å². The van der Waals surface area contributed by atoms with E-state index in [9.17, 15) is 4.79 Å². The van der Waals surface area contributed by atoms with Crippen molar-refractivity contribution in [3.05, 3.63) is 0 Å². The Morgan fingerprint density at radius 2 is 1.56 bits per heavy atom. The van der Waals surface area contributed by atoms with Gasteiger partial charge in [-0.1, -0.05) is 34.1 Å². The van der Waals surface area contributed by atoms with Crippen LogP contribution in [0.4, 0.5) is 0 Å². The van der Waals surface area contributed by atoms with Crippen molar-refractivity contribution in [2.45, 2.75) is 65.9 Å². The van der Waals surface area contributed by atoms with Crippen LogP contribution in [0.2, 0.25) is 0 Å². The van der Waals surface area contributed by atoms with Crippen molar-refractivity contribution < 1.29 is 9.53 Å². The first-order valence-electron chi connectivity index (χ1n) is 6.52. The molecule has 96 valence electrons. The van der Waals surface area contributed by atoms with E-state index in [1.54, 1.807) is 7.11 Å². The number of ketones is 1. The molecule has 1 unspecified atom stereocenters. The highest BCUT2D eigenvalue weighted by atomic mass is 16.5. The fraction of sp³-hybridized carbons (Fsp3) is 0.929. The lowest BCUT2D eigenvalue weighted by atomic mass is 9.98. The summed E-state index contributed by atoms with van der Waals surface area (Å²) in [4.78, 5) is 11.8. The van der Waals surface area contributed by atoms with Crippen LogP contribution in [0.5, 0.6) is 0 Å². The third-order valence-corrected chi connectivity index (χ3v) is 2.85. The first-order valence-corrected chi connectivity index (χ1v) is 6.52. The number of Topliss-reactive ketones (excluding diaryl/α,β-unsaturated/α-hetero) is 1. The second-order valence-electron chi connectivity index (χ2n) is 5.45. The quantitative estimate of drug-likeness (QED) is 0.599. The molecule has 0 amide bonds. The van der Waals surface area contributed by atoms with Gasteiger partial charge in [-0.3, -0.25) is 4.79 Å². The largest absolute Gasteiger partial charge is 0.374 e. The number of hydrogen-bond donors (Lipinski definition) is 0. The predicted octanol–water partition coefficient (Wildman–Crippen LogP) is 3.83. The molecule has 2 heteroatoms. The summed E-state index contributed by atoms with van der Waals surface area (Å²) >= 11 is 0. The lowest BCUT2D eigenvalue weighted by Gasteiger charge is -2.15. The summed E-state index contributed by atoms with van der Waals surface area (Å²) in [7, 11) is 1.64. The summed E-state index contributed by atoms with van der Waals surface area (Å²) < 4.78 is 5.27. The van der Waals surface area contributed by atoms with E-state index in [-0.39, 0.29) is 11.9 Å². The van der Waals surface area contributed by atoms with E-state index in [1.807, 2.05) is 0 Å². The van der Waals surface area contributed by atoms with Gasteiger partial charge in [0.1, 0.15) is 6.10 Å². The summed E-state index contributed by atoms with van der Waals surface area (Å²) in [5.74, 6) is 1.61. The molecule has 0 N–H and O–H groups in total. The first-order chi connectivity index (χ1) is 7.47. The van der Waals surface area contributed by atoms with Crippen LogP contribution in [0.3, 0.4) is 0 Å². The Bertz CT molecular complexity index is 185. The van der Waals surface area contributed by atoms with Gasteiger partial charge in [-0.2, -0.15) is 0 Å². The van der Waals surface area contributed by atoms with E-state index >= 15 is 0 Å². The van der Waals surface area contributed by atoms with E-state index in [1.165, 1.54) is 0 Å². The van der Waals surface area contributed by atoms with Crippen LogP contribution < -0.4 is 0 Å². The number of methoxy groups -OCH3 is 1. The third-order valence-electron chi connectivity index (χ3n) is 2.85. The smallest absolute Gasteiger partial charge is 0.161 e. The maximum Gasteiger partial charge on any atom is 0.161 e. The topological polar surface area (TPSA) is 26.3 Å². The minimum Gasteiger partial charge on any atom is -0.374 e. The fourth-order valence-corrected chi connectivity index (χ4v) is 1.74. The van der Waals surface area contributed by atoms with Gasteiger partial charge in [0.2, 0.25) is 0 Å². The molecular formula is C14H28O2. The van der Waals surface area contributed by atoms with Gasteiger partial charge >= 0.3 is 0 Å². The molecule has 0 aliphatic carbocycles. The zero-order valence-electron chi connectivity index (χ0n) is 11.6. The number of hydrogen-bond acceptors (Lipinski definition) is 2. The summed E-state index contributed by atoms with van der Waals surface area (Å²) in [6.07, 6.45) is 4.57. The monoisotopic (exact) mass is 228 g/mol. The van der Waals surface area contributed by atoms with Crippen LogP contribution >= 0.6 is 0 Å². The molecule has 0 rings (SSSR count). The second kappa shape index (κ2) is 8.74. The van der Waals surface area contributed by atoms with Gasteiger partial charge in [-0.25, -0.2) is 0 Å². The number of ether oxygens (including phenoxy) is 1. The normalized spacial score (nSPS) is 13.4. The average molecular weight is 228 g/mol. The third kappa shape index (κ3) is 7.86. The molecule has 1 atom stereocenters. The summed E-state index contributed by atoms with van der Waals surface area (Å²) in [6.45, 7) is 8.74. The summed E-state index contributed by atoms with van der Waals surface area (Å²) in [5, 5.41) is 0. The molecule has 0 saturated heterocycles. The highest BCUT2D eigenvalue weighted by Gasteiger charge is 2.17. The van der Waals surface area contributed by atoms with E-state index in [0.717, 1.165) is 25.7 Å². The molecule has 0 aromatic carbocycles. The molecule has 0 aromatic heterocycles. The Labute approximate surface area is 101 Å². The van der Waals surface area contributed by atoms with Crippen LogP contribution in [0.15, 0.2) is 0 Å². The molecular weight excluding hydrogens is 200 g/mol. The molecule has 2 nitrogen and oxygen atoms in total. The van der Waals surface area contributed by atoms with Gasteiger partial charge in [0, 0.05) is 13.5 Å². The molecule has 16 heavy (non-hydrogen) atoms. The van der Waals surface area contributed by atoms with Crippen molar-refractivity contribution in [1.82, 2.24) is 0 Å². The number of rotatable bonds is 9. The van der Waals surface area contributed by atoms with Crippen molar-refractivity contribution in [3.63, 3.8) is 0 Å². The van der Waals surface area contributed by atoms with Crippen LogP contribution in [0.1, 0.15) is 59.8 Å².